The Morgan fingerprint density at radius 3 is 1.55 bits per heavy atom. The second kappa shape index (κ2) is 18.3. The molecule has 0 spiro atoms. The van der Waals surface area contributed by atoms with E-state index in [0.29, 0.717) is 30.5 Å². The molecular formula is C38H34F10N8O2. The molecule has 4 heterocycles. The fraction of sp³-hybridized carbons (Fsp3) is 0.316. The van der Waals surface area contributed by atoms with Gasteiger partial charge in [0.05, 0.1) is 36.0 Å². The number of methoxy groups -OCH3 is 1. The van der Waals surface area contributed by atoms with E-state index in [1.165, 1.54) is 50.1 Å². The van der Waals surface area contributed by atoms with Gasteiger partial charge in [-0.15, -0.1) is 13.2 Å². The Hall–Kier alpha value is -6.28. The fourth-order valence-electron chi connectivity index (χ4n) is 5.17. The van der Waals surface area contributed by atoms with Crippen molar-refractivity contribution in [3.05, 3.63) is 101 Å². The summed E-state index contributed by atoms with van der Waals surface area (Å²) in [4.78, 5) is 15.5. The van der Waals surface area contributed by atoms with E-state index >= 15 is 0 Å². The highest BCUT2D eigenvalue weighted by Gasteiger charge is 2.34. The highest BCUT2D eigenvalue weighted by molar-refractivity contribution is 5.68. The van der Waals surface area contributed by atoms with Crippen molar-refractivity contribution in [3.8, 4) is 40.4 Å². The number of nitrogens with zero attached hydrogens (tertiary/aromatic N) is 8. The number of hydrogen-bond donors (Lipinski definition) is 0. The molecule has 0 aliphatic heterocycles. The normalized spacial score (nSPS) is 11.6. The average molecular weight is 825 g/mol. The van der Waals surface area contributed by atoms with E-state index in [9.17, 15) is 43.9 Å². The topological polar surface area (TPSA) is 126 Å². The van der Waals surface area contributed by atoms with Crippen LogP contribution in [0.2, 0.25) is 0 Å². The summed E-state index contributed by atoms with van der Waals surface area (Å²) in [7, 11) is 1.35. The zero-order valence-corrected chi connectivity index (χ0v) is 31.7. The first-order valence-electron chi connectivity index (χ1n) is 17.0. The van der Waals surface area contributed by atoms with Crippen LogP contribution in [-0.2, 0) is 29.4 Å². The van der Waals surface area contributed by atoms with Gasteiger partial charge in [-0.05, 0) is 35.9 Å². The molecule has 0 unspecified atom stereocenters. The largest absolute Gasteiger partial charge is 0.573 e. The minimum absolute atomic E-state index is 0.0751. The van der Waals surface area contributed by atoms with Gasteiger partial charge in [0.25, 0.3) is 0 Å². The zero-order valence-electron chi connectivity index (χ0n) is 31.7. The van der Waals surface area contributed by atoms with Crippen LogP contribution >= 0.6 is 0 Å². The van der Waals surface area contributed by atoms with E-state index in [-0.39, 0.29) is 40.4 Å². The molecule has 6 rings (SSSR count). The number of hydrogen-bond acceptors (Lipinski definition) is 8. The van der Waals surface area contributed by atoms with Crippen molar-refractivity contribution in [3.63, 3.8) is 0 Å². The van der Waals surface area contributed by atoms with Crippen molar-refractivity contribution in [2.24, 2.45) is 0 Å². The number of alkyl halides is 10. The maximum atomic E-state index is 13.9. The lowest BCUT2D eigenvalue weighted by atomic mass is 10.0. The molecule has 308 valence electrons. The first-order valence-corrected chi connectivity index (χ1v) is 17.0. The molecule has 0 saturated carbocycles. The molecule has 0 bridgehead atoms. The van der Waals surface area contributed by atoms with Gasteiger partial charge in [0.2, 0.25) is 0 Å². The molecule has 6 aromatic rings. The van der Waals surface area contributed by atoms with Crippen molar-refractivity contribution in [1.29, 1.82) is 10.5 Å². The van der Waals surface area contributed by atoms with Gasteiger partial charge in [0, 0.05) is 44.5 Å². The van der Waals surface area contributed by atoms with E-state index in [2.05, 4.69) is 24.7 Å². The number of halogens is 10. The molecule has 0 aliphatic rings. The third-order valence-electron chi connectivity index (χ3n) is 7.44. The SMILES string of the molecule is CC.CC.CC(F)(F)c1nc(C#N)c2cnc(-c3ccc(C(F)(F)F)cc3)cn12.COCc1cc(OC(F)(F)F)ccc1-c1cn2c(C(C)(F)F)nc(C#N)c2cn1. The molecule has 0 radical (unpaired) electrons. The summed E-state index contributed by atoms with van der Waals surface area (Å²) in [5.41, 5.74) is 0.235. The van der Waals surface area contributed by atoms with Crippen molar-refractivity contribution < 1.29 is 53.4 Å². The van der Waals surface area contributed by atoms with E-state index in [0.717, 1.165) is 33.1 Å². The second-order valence-electron chi connectivity index (χ2n) is 11.5. The van der Waals surface area contributed by atoms with Gasteiger partial charge < -0.3 is 9.47 Å². The van der Waals surface area contributed by atoms with E-state index in [4.69, 9.17) is 15.3 Å². The van der Waals surface area contributed by atoms with E-state index in [1.807, 2.05) is 27.7 Å². The van der Waals surface area contributed by atoms with Crippen molar-refractivity contribution >= 4 is 11.0 Å². The van der Waals surface area contributed by atoms with Gasteiger partial charge in [-0.25, -0.2) is 9.97 Å². The summed E-state index contributed by atoms with van der Waals surface area (Å²) >= 11 is 0. The summed E-state index contributed by atoms with van der Waals surface area (Å²) < 4.78 is 142. The Kier molecular flexibility index (Phi) is 14.6. The standard InChI is InChI=1S/C18H13F5N4O2.C16H9F5N4.2C2H6/c1-17(19,20)16-26-13(6-24)15-7-25-14(8-27(15)16)12-4-3-11(29-18(21,22)23)5-10(12)9-28-2;1-15(17,18)14-24-11(6-22)13-7-23-12(8-25(13)14)9-2-4-10(5-3-9)16(19,20)21;2*1-2/h3-5,7-8H,9H2,1-2H3;2-5,7-8H,1H3;2*1-2H3. The maximum Gasteiger partial charge on any atom is 0.573 e. The van der Waals surface area contributed by atoms with Crippen LogP contribution in [0.3, 0.4) is 0 Å². The second-order valence-corrected chi connectivity index (χ2v) is 11.5. The number of imidazole rings is 2. The predicted octanol–water partition coefficient (Wildman–Crippen LogP) is 10.9. The van der Waals surface area contributed by atoms with Gasteiger partial charge in [0.1, 0.15) is 28.9 Å². The zero-order chi connectivity index (χ0) is 43.8. The molecule has 10 nitrogen and oxygen atoms in total. The molecule has 20 heteroatoms. The first kappa shape index (κ1) is 46.1. The number of ether oxygens (including phenoxy) is 2. The van der Waals surface area contributed by atoms with Crippen molar-refractivity contribution in [2.75, 3.05) is 7.11 Å². The van der Waals surface area contributed by atoms with Crippen LogP contribution in [0, 0.1) is 22.7 Å². The molecule has 58 heavy (non-hydrogen) atoms. The third-order valence-corrected chi connectivity index (χ3v) is 7.44. The number of fused-ring (bicyclic) bond motifs is 2. The van der Waals surface area contributed by atoms with Crippen LogP contribution in [0.5, 0.6) is 5.75 Å². The van der Waals surface area contributed by atoms with Gasteiger partial charge in [-0.3, -0.25) is 18.8 Å². The molecule has 4 aromatic heterocycles. The lowest BCUT2D eigenvalue weighted by molar-refractivity contribution is -0.274. The van der Waals surface area contributed by atoms with Gasteiger partial charge in [0.15, 0.2) is 23.0 Å². The minimum Gasteiger partial charge on any atom is -0.406 e. The van der Waals surface area contributed by atoms with Gasteiger partial charge in [-0.2, -0.15) is 41.3 Å². The monoisotopic (exact) mass is 824 g/mol. The summed E-state index contributed by atoms with van der Waals surface area (Å²) in [5, 5.41) is 18.1. The van der Waals surface area contributed by atoms with Crippen LogP contribution in [0.1, 0.15) is 75.7 Å². The summed E-state index contributed by atoms with van der Waals surface area (Å²) in [6.45, 7) is 9.21. The Morgan fingerprint density at radius 2 is 1.14 bits per heavy atom. The quantitative estimate of drug-likeness (QED) is 0.146. The molecular weight excluding hydrogens is 790 g/mol. The van der Waals surface area contributed by atoms with Crippen LogP contribution in [0.15, 0.2) is 67.3 Å². The average Bonchev–Trinajstić information content (AvgIpc) is 3.74. The summed E-state index contributed by atoms with van der Waals surface area (Å²) in [5.74, 6) is -8.40. The maximum absolute atomic E-state index is 13.9. The molecule has 0 fully saturated rings. The predicted molar refractivity (Wildman–Crippen MR) is 191 cm³/mol. The highest BCUT2D eigenvalue weighted by Crippen LogP contribution is 2.34. The minimum atomic E-state index is -4.87. The number of aromatic nitrogens is 6. The van der Waals surface area contributed by atoms with Crippen LogP contribution in [0.4, 0.5) is 43.9 Å². The highest BCUT2D eigenvalue weighted by atomic mass is 19.4. The summed E-state index contributed by atoms with van der Waals surface area (Å²) in [6.07, 6.45) is -4.48. The number of benzene rings is 2. The van der Waals surface area contributed by atoms with Crippen molar-refractivity contribution in [1.82, 2.24) is 28.7 Å². The third kappa shape index (κ3) is 10.8. The van der Waals surface area contributed by atoms with Gasteiger partial charge in [-0.1, -0.05) is 39.8 Å². The molecule has 0 amide bonds. The van der Waals surface area contributed by atoms with E-state index < -0.39 is 47.3 Å². The Morgan fingerprint density at radius 1 is 0.672 bits per heavy atom. The molecule has 2 aromatic carbocycles. The molecule has 0 N–H and O–H groups in total. The Balaban J connectivity index is 0.000000288. The Bertz CT molecular complexity index is 2410. The molecule has 0 aliphatic carbocycles. The smallest absolute Gasteiger partial charge is 0.406 e. The number of rotatable bonds is 7. The first-order chi connectivity index (χ1) is 27.1. The van der Waals surface area contributed by atoms with E-state index in [1.54, 1.807) is 12.1 Å². The number of nitriles is 2. The molecule has 0 saturated heterocycles. The van der Waals surface area contributed by atoms with Crippen molar-refractivity contribution in [2.45, 2.75) is 72.5 Å². The summed E-state index contributed by atoms with van der Waals surface area (Å²) in [6, 6.07) is 11.1. The Labute approximate surface area is 325 Å². The van der Waals surface area contributed by atoms with Gasteiger partial charge >= 0.3 is 24.4 Å². The molecule has 0 atom stereocenters. The van der Waals surface area contributed by atoms with Crippen LogP contribution in [-0.4, -0.2) is 42.2 Å². The lowest BCUT2D eigenvalue weighted by Crippen LogP contribution is -2.17. The van der Waals surface area contributed by atoms with Crippen LogP contribution < -0.4 is 4.74 Å². The lowest BCUT2D eigenvalue weighted by Gasteiger charge is -2.14. The van der Waals surface area contributed by atoms with Crippen LogP contribution in [0.25, 0.3) is 33.5 Å². The fourth-order valence-corrected chi connectivity index (χ4v) is 5.17.